The fourth-order valence-electron chi connectivity index (χ4n) is 2.89. The Morgan fingerprint density at radius 3 is 2.29 bits per heavy atom. The summed E-state index contributed by atoms with van der Waals surface area (Å²) in [4.78, 5) is 0.298. The number of sulfonamides is 1. The lowest BCUT2D eigenvalue weighted by atomic mass is 9.98. The lowest BCUT2D eigenvalue weighted by Gasteiger charge is -2.19. The number of nitrogens with one attached hydrogen (secondary N) is 1. The van der Waals surface area contributed by atoms with E-state index in [2.05, 4.69) is 4.72 Å². The molecule has 1 atom stereocenters. The van der Waals surface area contributed by atoms with E-state index >= 15 is 0 Å². The molecule has 0 radical (unpaired) electrons. The summed E-state index contributed by atoms with van der Waals surface area (Å²) in [6.45, 7) is 3.93. The summed E-state index contributed by atoms with van der Waals surface area (Å²) in [6.07, 6.45) is 0.680. The molecular formula is C20H21NO2S. The van der Waals surface area contributed by atoms with E-state index in [0.29, 0.717) is 11.3 Å². The molecule has 3 aromatic carbocycles. The highest BCUT2D eigenvalue weighted by Gasteiger charge is 2.21. The van der Waals surface area contributed by atoms with Gasteiger partial charge in [-0.2, -0.15) is 0 Å². The fourth-order valence-corrected chi connectivity index (χ4v) is 4.19. The zero-order valence-corrected chi connectivity index (χ0v) is 14.7. The van der Waals surface area contributed by atoms with E-state index in [-0.39, 0.29) is 6.04 Å². The first-order valence-electron chi connectivity index (χ1n) is 8.08. The van der Waals surface area contributed by atoms with Crippen LogP contribution in [0.15, 0.2) is 71.6 Å². The second-order valence-corrected chi connectivity index (χ2v) is 7.68. The molecule has 0 saturated heterocycles. The highest BCUT2D eigenvalue weighted by atomic mass is 32.2. The third-order valence-corrected chi connectivity index (χ3v) is 5.72. The van der Waals surface area contributed by atoms with Crippen LogP contribution in [0.25, 0.3) is 10.8 Å². The SMILES string of the molecule is CC[C@@H](NS(=O)(=O)c1ccc(C)cc1)c1cccc2ccccc12. The summed E-state index contributed by atoms with van der Waals surface area (Å²) in [7, 11) is -3.56. The highest BCUT2D eigenvalue weighted by Crippen LogP contribution is 2.27. The third-order valence-electron chi connectivity index (χ3n) is 4.24. The second kappa shape index (κ2) is 6.75. The number of fused-ring (bicyclic) bond motifs is 1. The Hall–Kier alpha value is -2.17. The molecule has 124 valence electrons. The van der Waals surface area contributed by atoms with Gasteiger partial charge in [-0.3, -0.25) is 0 Å². The van der Waals surface area contributed by atoms with Gasteiger partial charge in [-0.05, 0) is 41.8 Å². The van der Waals surface area contributed by atoms with Crippen molar-refractivity contribution in [2.75, 3.05) is 0 Å². The molecule has 0 heterocycles. The van der Waals surface area contributed by atoms with Crippen molar-refractivity contribution >= 4 is 20.8 Å². The number of benzene rings is 3. The minimum absolute atomic E-state index is 0.262. The van der Waals surface area contributed by atoms with Gasteiger partial charge in [0.15, 0.2) is 0 Å². The van der Waals surface area contributed by atoms with Crippen molar-refractivity contribution in [3.05, 3.63) is 77.9 Å². The molecule has 3 rings (SSSR count). The predicted molar refractivity (Wildman–Crippen MR) is 98.5 cm³/mol. The Morgan fingerprint density at radius 2 is 1.58 bits per heavy atom. The largest absolute Gasteiger partial charge is 0.241 e. The molecule has 0 unspecified atom stereocenters. The van der Waals surface area contributed by atoms with Crippen LogP contribution in [0.2, 0.25) is 0 Å². The summed E-state index contributed by atoms with van der Waals surface area (Å²) in [5.74, 6) is 0. The lowest BCUT2D eigenvalue weighted by Crippen LogP contribution is -2.28. The van der Waals surface area contributed by atoms with E-state index in [4.69, 9.17) is 0 Å². The van der Waals surface area contributed by atoms with E-state index in [1.165, 1.54) is 0 Å². The standard InChI is InChI=1S/C20H21NO2S/c1-3-20(19-10-6-8-16-7-4-5-9-18(16)19)21-24(22,23)17-13-11-15(2)12-14-17/h4-14,20-21H,3H2,1-2H3/t20-/m1/s1. The molecule has 0 aliphatic carbocycles. The van der Waals surface area contributed by atoms with E-state index in [0.717, 1.165) is 21.9 Å². The van der Waals surface area contributed by atoms with Crippen molar-refractivity contribution in [3.63, 3.8) is 0 Å². The van der Waals surface area contributed by atoms with Gasteiger partial charge in [-0.15, -0.1) is 0 Å². The normalized spacial score (nSPS) is 13.1. The maximum atomic E-state index is 12.7. The molecule has 3 nitrogen and oxygen atoms in total. The number of hydrogen-bond acceptors (Lipinski definition) is 2. The van der Waals surface area contributed by atoms with Crippen molar-refractivity contribution in [1.29, 1.82) is 0 Å². The number of hydrogen-bond donors (Lipinski definition) is 1. The van der Waals surface area contributed by atoms with Gasteiger partial charge in [0, 0.05) is 6.04 Å². The van der Waals surface area contributed by atoms with Crippen LogP contribution in [-0.2, 0) is 10.0 Å². The average Bonchev–Trinajstić information content (AvgIpc) is 2.60. The van der Waals surface area contributed by atoms with Crippen molar-refractivity contribution in [2.45, 2.75) is 31.2 Å². The highest BCUT2D eigenvalue weighted by molar-refractivity contribution is 7.89. The summed E-state index contributed by atoms with van der Waals surface area (Å²) < 4.78 is 28.3. The van der Waals surface area contributed by atoms with Crippen molar-refractivity contribution < 1.29 is 8.42 Å². The van der Waals surface area contributed by atoms with Gasteiger partial charge in [0.1, 0.15) is 0 Å². The quantitative estimate of drug-likeness (QED) is 0.739. The molecule has 0 bridgehead atoms. The molecule has 0 spiro atoms. The predicted octanol–water partition coefficient (Wildman–Crippen LogP) is 4.58. The smallest absolute Gasteiger partial charge is 0.207 e. The van der Waals surface area contributed by atoms with Gasteiger partial charge in [0.2, 0.25) is 10.0 Å². The Labute approximate surface area is 143 Å². The monoisotopic (exact) mass is 339 g/mol. The molecule has 1 N–H and O–H groups in total. The van der Waals surface area contributed by atoms with Gasteiger partial charge in [-0.1, -0.05) is 67.1 Å². The van der Waals surface area contributed by atoms with Crippen molar-refractivity contribution in [1.82, 2.24) is 4.72 Å². The minimum Gasteiger partial charge on any atom is -0.207 e. The summed E-state index contributed by atoms with van der Waals surface area (Å²) in [6, 6.07) is 20.7. The van der Waals surface area contributed by atoms with Gasteiger partial charge in [0.05, 0.1) is 4.90 Å². The van der Waals surface area contributed by atoms with Crippen LogP contribution in [0.5, 0.6) is 0 Å². The summed E-state index contributed by atoms with van der Waals surface area (Å²) in [5, 5.41) is 2.20. The molecule has 3 aromatic rings. The van der Waals surface area contributed by atoms with E-state index in [9.17, 15) is 8.42 Å². The Balaban J connectivity index is 1.98. The number of rotatable bonds is 5. The molecule has 24 heavy (non-hydrogen) atoms. The molecule has 0 amide bonds. The van der Waals surface area contributed by atoms with Gasteiger partial charge < -0.3 is 0 Å². The zero-order chi connectivity index (χ0) is 17.2. The van der Waals surface area contributed by atoms with Crippen LogP contribution in [-0.4, -0.2) is 8.42 Å². The van der Waals surface area contributed by atoms with Crippen LogP contribution < -0.4 is 4.72 Å². The minimum atomic E-state index is -3.56. The van der Waals surface area contributed by atoms with Gasteiger partial charge in [0.25, 0.3) is 0 Å². The lowest BCUT2D eigenvalue weighted by molar-refractivity contribution is 0.551. The van der Waals surface area contributed by atoms with E-state index in [1.807, 2.05) is 68.4 Å². The molecule has 0 aliphatic heterocycles. The first-order chi connectivity index (χ1) is 11.5. The van der Waals surface area contributed by atoms with Gasteiger partial charge >= 0.3 is 0 Å². The molecule has 0 saturated carbocycles. The topological polar surface area (TPSA) is 46.2 Å². The maximum Gasteiger partial charge on any atom is 0.241 e. The molecule has 0 fully saturated rings. The van der Waals surface area contributed by atoms with Crippen LogP contribution in [0.1, 0.15) is 30.5 Å². The fraction of sp³-hybridized carbons (Fsp3) is 0.200. The first-order valence-corrected chi connectivity index (χ1v) is 9.56. The molecule has 4 heteroatoms. The van der Waals surface area contributed by atoms with Crippen LogP contribution in [0.4, 0.5) is 0 Å². The van der Waals surface area contributed by atoms with Crippen molar-refractivity contribution in [2.24, 2.45) is 0 Å². The second-order valence-electron chi connectivity index (χ2n) is 5.96. The van der Waals surface area contributed by atoms with Crippen molar-refractivity contribution in [3.8, 4) is 0 Å². The summed E-state index contributed by atoms with van der Waals surface area (Å²) >= 11 is 0. The zero-order valence-electron chi connectivity index (χ0n) is 13.9. The first kappa shape index (κ1) is 16.7. The maximum absolute atomic E-state index is 12.7. The Morgan fingerprint density at radius 1 is 0.917 bits per heavy atom. The average molecular weight is 339 g/mol. The number of aryl methyl sites for hydroxylation is 1. The van der Waals surface area contributed by atoms with Gasteiger partial charge in [-0.25, -0.2) is 13.1 Å². The molecular weight excluding hydrogens is 318 g/mol. The van der Waals surface area contributed by atoms with Crippen LogP contribution in [0.3, 0.4) is 0 Å². The van der Waals surface area contributed by atoms with E-state index in [1.54, 1.807) is 12.1 Å². The third kappa shape index (κ3) is 3.35. The van der Waals surface area contributed by atoms with Crippen LogP contribution in [0, 0.1) is 6.92 Å². The molecule has 0 aromatic heterocycles. The molecule has 0 aliphatic rings. The Bertz CT molecular complexity index is 942. The van der Waals surface area contributed by atoms with Crippen LogP contribution >= 0.6 is 0 Å². The Kier molecular flexibility index (Phi) is 4.69. The van der Waals surface area contributed by atoms with E-state index < -0.39 is 10.0 Å². The summed E-state index contributed by atoms with van der Waals surface area (Å²) in [5.41, 5.74) is 2.04.